The highest BCUT2D eigenvalue weighted by Crippen LogP contribution is 2.28. The molecule has 7 nitrogen and oxygen atoms in total. The molecule has 0 radical (unpaired) electrons. The predicted molar refractivity (Wildman–Crippen MR) is 96.9 cm³/mol. The Morgan fingerprint density at radius 3 is 2.65 bits per heavy atom. The Kier molecular flexibility index (Phi) is 5.38. The van der Waals surface area contributed by atoms with Crippen LogP contribution in [0.2, 0.25) is 0 Å². The van der Waals surface area contributed by atoms with Gasteiger partial charge < -0.3 is 9.47 Å². The second kappa shape index (κ2) is 8.06. The Bertz CT molecular complexity index is 920. The van der Waals surface area contributed by atoms with E-state index < -0.39 is 0 Å². The van der Waals surface area contributed by atoms with Crippen LogP contribution in [0, 0.1) is 0 Å². The lowest BCUT2D eigenvalue weighted by atomic mass is 10.0. The fraction of sp³-hybridized carbons (Fsp3) is 0.158. The molecule has 0 aliphatic carbocycles. The Balaban J connectivity index is 1.75. The maximum Gasteiger partial charge on any atom is 0.204 e. The van der Waals surface area contributed by atoms with Crippen molar-refractivity contribution in [1.82, 2.24) is 20.6 Å². The summed E-state index contributed by atoms with van der Waals surface area (Å²) in [7, 11) is 3.16. The second-order valence-electron chi connectivity index (χ2n) is 5.48. The zero-order valence-corrected chi connectivity index (χ0v) is 14.5. The van der Waals surface area contributed by atoms with Gasteiger partial charge in [0, 0.05) is 12.0 Å². The number of tetrazole rings is 1. The molecule has 0 unspecified atom stereocenters. The van der Waals surface area contributed by atoms with Crippen molar-refractivity contribution in [2.24, 2.45) is 0 Å². The topological polar surface area (TPSA) is 90.0 Å². The van der Waals surface area contributed by atoms with Crippen molar-refractivity contribution in [3.63, 3.8) is 0 Å². The number of rotatable bonds is 7. The summed E-state index contributed by atoms with van der Waals surface area (Å²) in [5.41, 5.74) is 2.48. The van der Waals surface area contributed by atoms with E-state index in [1.165, 1.54) is 0 Å². The number of methoxy groups -OCH3 is 2. The molecule has 0 bridgehead atoms. The third kappa shape index (κ3) is 3.94. The lowest BCUT2D eigenvalue weighted by Crippen LogP contribution is -2.01. The average Bonchev–Trinajstić information content (AvgIpc) is 3.21. The van der Waals surface area contributed by atoms with E-state index in [1.54, 1.807) is 32.4 Å². The van der Waals surface area contributed by atoms with Crippen LogP contribution in [0.15, 0.2) is 48.5 Å². The minimum atomic E-state index is -0.0317. The van der Waals surface area contributed by atoms with Gasteiger partial charge >= 0.3 is 0 Å². The van der Waals surface area contributed by atoms with Crippen LogP contribution >= 0.6 is 0 Å². The molecule has 0 saturated heterocycles. The van der Waals surface area contributed by atoms with Gasteiger partial charge in [-0.2, -0.15) is 5.21 Å². The highest BCUT2D eigenvalue weighted by atomic mass is 16.5. The Labute approximate surface area is 150 Å². The van der Waals surface area contributed by atoms with Crippen molar-refractivity contribution >= 4 is 11.9 Å². The summed E-state index contributed by atoms with van der Waals surface area (Å²) in [5.74, 6) is 1.70. The molecule has 0 spiro atoms. The number of aromatic nitrogens is 4. The van der Waals surface area contributed by atoms with Gasteiger partial charge in [0.2, 0.25) is 5.82 Å². The standard InChI is InChI=1S/C19H18N4O3/c1-25-17-10-8-13(11-18(17)26-2)7-9-15(24)12-14-5-3-4-6-16(14)19-20-22-23-21-19/h3-11H,12H2,1-2H3,(H,20,21,22,23)/b9-7+. The number of carbonyl (C=O) groups excluding carboxylic acids is 1. The van der Waals surface area contributed by atoms with Gasteiger partial charge in [-0.1, -0.05) is 36.4 Å². The van der Waals surface area contributed by atoms with Crippen LogP contribution < -0.4 is 9.47 Å². The lowest BCUT2D eigenvalue weighted by molar-refractivity contribution is -0.113. The van der Waals surface area contributed by atoms with Gasteiger partial charge in [-0.05, 0) is 34.5 Å². The van der Waals surface area contributed by atoms with Crippen LogP contribution in [-0.4, -0.2) is 40.6 Å². The van der Waals surface area contributed by atoms with Crippen LogP contribution in [-0.2, 0) is 11.2 Å². The minimum Gasteiger partial charge on any atom is -0.493 e. The van der Waals surface area contributed by atoms with Crippen LogP contribution in [0.3, 0.4) is 0 Å². The number of hydrogen-bond donors (Lipinski definition) is 1. The van der Waals surface area contributed by atoms with Crippen LogP contribution in [0.5, 0.6) is 11.5 Å². The number of hydrogen-bond acceptors (Lipinski definition) is 6. The number of benzene rings is 2. The number of allylic oxidation sites excluding steroid dienone is 1. The average molecular weight is 350 g/mol. The molecule has 1 heterocycles. The molecule has 7 heteroatoms. The summed E-state index contributed by atoms with van der Waals surface area (Å²) >= 11 is 0. The normalized spacial score (nSPS) is 10.8. The molecule has 132 valence electrons. The maximum absolute atomic E-state index is 12.4. The SMILES string of the molecule is COc1ccc(/C=C/C(=O)Cc2ccccc2-c2nn[nH]n2)cc1OC. The van der Waals surface area contributed by atoms with E-state index in [2.05, 4.69) is 20.6 Å². The number of nitrogens with one attached hydrogen (secondary N) is 1. The van der Waals surface area contributed by atoms with Crippen molar-refractivity contribution in [3.8, 4) is 22.9 Å². The Morgan fingerprint density at radius 1 is 1.12 bits per heavy atom. The predicted octanol–water partition coefficient (Wildman–Crippen LogP) is 2.71. The summed E-state index contributed by atoms with van der Waals surface area (Å²) in [4.78, 5) is 12.4. The van der Waals surface area contributed by atoms with Crippen molar-refractivity contribution in [2.75, 3.05) is 14.2 Å². The molecular formula is C19H18N4O3. The van der Waals surface area contributed by atoms with Crippen LogP contribution in [0.25, 0.3) is 17.5 Å². The molecule has 0 fully saturated rings. The molecular weight excluding hydrogens is 332 g/mol. The first-order valence-electron chi connectivity index (χ1n) is 7.96. The number of H-pyrrole nitrogens is 1. The fourth-order valence-corrected chi connectivity index (χ4v) is 2.56. The third-order valence-corrected chi connectivity index (χ3v) is 3.84. The van der Waals surface area contributed by atoms with E-state index in [9.17, 15) is 4.79 Å². The molecule has 3 rings (SSSR count). The molecule has 0 atom stereocenters. The van der Waals surface area contributed by atoms with E-state index in [0.717, 1.165) is 16.7 Å². The Hall–Kier alpha value is -3.48. The van der Waals surface area contributed by atoms with Crippen molar-refractivity contribution in [1.29, 1.82) is 0 Å². The first-order valence-corrected chi connectivity index (χ1v) is 7.96. The van der Waals surface area contributed by atoms with Crippen molar-refractivity contribution in [2.45, 2.75) is 6.42 Å². The van der Waals surface area contributed by atoms with E-state index in [4.69, 9.17) is 9.47 Å². The molecule has 0 amide bonds. The molecule has 3 aromatic rings. The summed E-state index contributed by atoms with van der Waals surface area (Å²) in [6, 6.07) is 13.0. The summed E-state index contributed by atoms with van der Waals surface area (Å²) < 4.78 is 10.5. The smallest absolute Gasteiger partial charge is 0.204 e. The largest absolute Gasteiger partial charge is 0.493 e. The first kappa shape index (κ1) is 17.3. The fourth-order valence-electron chi connectivity index (χ4n) is 2.56. The highest BCUT2D eigenvalue weighted by molar-refractivity contribution is 5.96. The van der Waals surface area contributed by atoms with Gasteiger partial charge in [-0.15, -0.1) is 10.2 Å². The zero-order chi connectivity index (χ0) is 18.4. The van der Waals surface area contributed by atoms with Gasteiger partial charge in [0.1, 0.15) is 0 Å². The maximum atomic E-state index is 12.4. The quantitative estimate of drug-likeness (QED) is 0.659. The van der Waals surface area contributed by atoms with Crippen molar-refractivity contribution in [3.05, 3.63) is 59.7 Å². The molecule has 0 saturated carbocycles. The summed E-state index contributed by atoms with van der Waals surface area (Å²) in [6.45, 7) is 0. The molecule has 0 aliphatic rings. The third-order valence-electron chi connectivity index (χ3n) is 3.84. The van der Waals surface area contributed by atoms with Gasteiger partial charge in [0.15, 0.2) is 17.3 Å². The number of nitrogens with zero attached hydrogens (tertiary/aromatic N) is 3. The molecule has 0 aliphatic heterocycles. The van der Waals surface area contributed by atoms with Crippen LogP contribution in [0.4, 0.5) is 0 Å². The van der Waals surface area contributed by atoms with Gasteiger partial charge in [0.05, 0.1) is 14.2 Å². The van der Waals surface area contributed by atoms with E-state index in [1.807, 2.05) is 36.4 Å². The number of ketones is 1. The Morgan fingerprint density at radius 2 is 1.92 bits per heavy atom. The molecule has 1 N–H and O–H groups in total. The highest BCUT2D eigenvalue weighted by Gasteiger charge is 2.11. The number of ether oxygens (including phenoxy) is 2. The monoisotopic (exact) mass is 350 g/mol. The van der Waals surface area contributed by atoms with Gasteiger partial charge in [0.25, 0.3) is 0 Å². The molecule has 26 heavy (non-hydrogen) atoms. The number of aromatic amines is 1. The summed E-state index contributed by atoms with van der Waals surface area (Å²) in [6.07, 6.45) is 3.55. The lowest BCUT2D eigenvalue weighted by Gasteiger charge is -2.07. The van der Waals surface area contributed by atoms with Gasteiger partial charge in [-0.25, -0.2) is 0 Å². The van der Waals surface area contributed by atoms with E-state index >= 15 is 0 Å². The van der Waals surface area contributed by atoms with Gasteiger partial charge in [-0.3, -0.25) is 4.79 Å². The first-order chi connectivity index (χ1) is 12.7. The second-order valence-corrected chi connectivity index (χ2v) is 5.48. The molecule has 1 aromatic heterocycles. The van der Waals surface area contributed by atoms with Crippen molar-refractivity contribution < 1.29 is 14.3 Å². The van der Waals surface area contributed by atoms with E-state index in [0.29, 0.717) is 17.3 Å². The number of carbonyl (C=O) groups is 1. The zero-order valence-electron chi connectivity index (χ0n) is 14.5. The van der Waals surface area contributed by atoms with E-state index in [-0.39, 0.29) is 12.2 Å². The van der Waals surface area contributed by atoms with Crippen LogP contribution in [0.1, 0.15) is 11.1 Å². The minimum absolute atomic E-state index is 0.0317. The molecule has 2 aromatic carbocycles. The summed E-state index contributed by atoms with van der Waals surface area (Å²) in [5, 5.41) is 14.0.